The SMILES string of the molecule is NCc1nc(/C=C/c2cn3c(n2)-c2ccccc2C3)nc2c(F)cccc12. The highest BCUT2D eigenvalue weighted by molar-refractivity contribution is 5.83. The summed E-state index contributed by atoms with van der Waals surface area (Å²) in [7, 11) is 0. The number of para-hydroxylation sites is 1. The number of hydrogen-bond donors (Lipinski definition) is 1. The Labute approximate surface area is 155 Å². The van der Waals surface area contributed by atoms with Gasteiger partial charge in [-0.3, -0.25) is 0 Å². The summed E-state index contributed by atoms with van der Waals surface area (Å²) in [4.78, 5) is 13.5. The van der Waals surface area contributed by atoms with Crippen molar-refractivity contribution in [2.24, 2.45) is 5.73 Å². The van der Waals surface area contributed by atoms with Gasteiger partial charge in [-0.2, -0.15) is 0 Å². The number of rotatable bonds is 3. The van der Waals surface area contributed by atoms with E-state index in [9.17, 15) is 4.39 Å². The number of hydrogen-bond acceptors (Lipinski definition) is 4. The molecule has 132 valence electrons. The fourth-order valence-corrected chi connectivity index (χ4v) is 3.50. The van der Waals surface area contributed by atoms with Gasteiger partial charge in [0.15, 0.2) is 5.82 Å². The van der Waals surface area contributed by atoms with Gasteiger partial charge in [-0.1, -0.05) is 36.4 Å². The minimum absolute atomic E-state index is 0.221. The summed E-state index contributed by atoms with van der Waals surface area (Å²) in [6.45, 7) is 1.04. The van der Waals surface area contributed by atoms with Crippen LogP contribution in [0.5, 0.6) is 0 Å². The van der Waals surface area contributed by atoms with Crippen LogP contribution >= 0.6 is 0 Å². The lowest BCUT2D eigenvalue weighted by molar-refractivity contribution is 0.636. The Morgan fingerprint density at radius 3 is 2.81 bits per heavy atom. The van der Waals surface area contributed by atoms with Gasteiger partial charge in [0.05, 0.1) is 11.4 Å². The lowest BCUT2D eigenvalue weighted by Gasteiger charge is -2.05. The quantitative estimate of drug-likeness (QED) is 0.535. The molecule has 0 saturated heterocycles. The summed E-state index contributed by atoms with van der Waals surface area (Å²) in [5.74, 6) is 0.997. The van der Waals surface area contributed by atoms with Crippen molar-refractivity contribution < 1.29 is 4.39 Å². The van der Waals surface area contributed by atoms with E-state index in [1.807, 2.05) is 24.4 Å². The molecular weight excluding hydrogens is 341 g/mol. The second kappa shape index (κ2) is 6.10. The Morgan fingerprint density at radius 1 is 1.04 bits per heavy atom. The first kappa shape index (κ1) is 15.8. The van der Waals surface area contributed by atoms with E-state index >= 15 is 0 Å². The van der Waals surface area contributed by atoms with Crippen molar-refractivity contribution in [1.82, 2.24) is 19.5 Å². The molecule has 0 bridgehead atoms. The molecule has 3 heterocycles. The van der Waals surface area contributed by atoms with Crippen molar-refractivity contribution in [3.63, 3.8) is 0 Å². The molecule has 6 heteroatoms. The highest BCUT2D eigenvalue weighted by Gasteiger charge is 2.19. The molecule has 4 aromatic rings. The third kappa shape index (κ3) is 2.62. The maximum atomic E-state index is 14.1. The highest BCUT2D eigenvalue weighted by atomic mass is 19.1. The van der Waals surface area contributed by atoms with Gasteiger partial charge in [-0.25, -0.2) is 19.3 Å². The zero-order chi connectivity index (χ0) is 18.4. The summed E-state index contributed by atoms with van der Waals surface area (Å²) >= 11 is 0. The fourth-order valence-electron chi connectivity index (χ4n) is 3.50. The Bertz CT molecular complexity index is 1210. The predicted octanol–water partition coefficient (Wildman–Crippen LogP) is 3.62. The minimum Gasteiger partial charge on any atom is -0.326 e. The van der Waals surface area contributed by atoms with Gasteiger partial charge in [-0.15, -0.1) is 0 Å². The largest absolute Gasteiger partial charge is 0.326 e. The maximum absolute atomic E-state index is 14.1. The number of halogens is 1. The number of benzene rings is 2. The molecule has 2 aromatic heterocycles. The Hall–Kier alpha value is -3.38. The smallest absolute Gasteiger partial charge is 0.153 e. The lowest BCUT2D eigenvalue weighted by Crippen LogP contribution is -2.04. The first-order chi connectivity index (χ1) is 13.2. The molecule has 0 spiro atoms. The Kier molecular flexibility index (Phi) is 3.58. The minimum atomic E-state index is -0.378. The van der Waals surface area contributed by atoms with Crippen LogP contribution in [-0.4, -0.2) is 19.5 Å². The van der Waals surface area contributed by atoms with E-state index in [0.717, 1.165) is 23.6 Å². The molecule has 0 fully saturated rings. The summed E-state index contributed by atoms with van der Waals surface area (Å²) in [6.07, 6.45) is 5.59. The predicted molar refractivity (Wildman–Crippen MR) is 103 cm³/mol. The number of imidazole rings is 1. The molecule has 1 aliphatic rings. The number of aromatic nitrogens is 4. The van der Waals surface area contributed by atoms with E-state index in [1.165, 1.54) is 11.6 Å². The summed E-state index contributed by atoms with van der Waals surface area (Å²) in [5, 5.41) is 0.646. The molecule has 0 atom stereocenters. The molecule has 0 saturated carbocycles. The van der Waals surface area contributed by atoms with Gasteiger partial charge in [0.25, 0.3) is 0 Å². The normalized spacial score (nSPS) is 12.7. The van der Waals surface area contributed by atoms with Crippen LogP contribution in [-0.2, 0) is 13.1 Å². The molecule has 0 aliphatic carbocycles. The molecule has 27 heavy (non-hydrogen) atoms. The fraction of sp³-hybridized carbons (Fsp3) is 0.0952. The van der Waals surface area contributed by atoms with Crippen molar-refractivity contribution in [2.45, 2.75) is 13.1 Å². The Balaban J connectivity index is 1.52. The Morgan fingerprint density at radius 2 is 1.93 bits per heavy atom. The van der Waals surface area contributed by atoms with Crippen LogP contribution in [0.3, 0.4) is 0 Å². The van der Waals surface area contributed by atoms with Gasteiger partial charge in [0.1, 0.15) is 17.2 Å². The molecule has 0 unspecified atom stereocenters. The molecule has 5 nitrogen and oxygen atoms in total. The number of nitrogens with two attached hydrogens (primary N) is 1. The van der Waals surface area contributed by atoms with Gasteiger partial charge in [0, 0.05) is 30.2 Å². The van der Waals surface area contributed by atoms with Crippen molar-refractivity contribution in [3.8, 4) is 11.4 Å². The van der Waals surface area contributed by atoms with Crippen LogP contribution in [0.2, 0.25) is 0 Å². The van der Waals surface area contributed by atoms with Crippen LogP contribution in [0.1, 0.15) is 22.8 Å². The molecule has 5 rings (SSSR count). The zero-order valence-corrected chi connectivity index (χ0v) is 14.4. The molecular formula is C21H16FN5. The van der Waals surface area contributed by atoms with E-state index in [4.69, 9.17) is 10.7 Å². The second-order valence-electron chi connectivity index (χ2n) is 6.48. The average Bonchev–Trinajstić information content (AvgIpc) is 3.24. The summed E-state index contributed by atoms with van der Waals surface area (Å²) < 4.78 is 16.2. The molecule has 1 aliphatic heterocycles. The van der Waals surface area contributed by atoms with Crippen LogP contribution in [0.25, 0.3) is 34.4 Å². The number of fused-ring (bicyclic) bond motifs is 4. The van der Waals surface area contributed by atoms with E-state index in [0.29, 0.717) is 16.9 Å². The zero-order valence-electron chi connectivity index (χ0n) is 14.4. The van der Waals surface area contributed by atoms with Gasteiger partial charge in [0.2, 0.25) is 0 Å². The average molecular weight is 357 g/mol. The van der Waals surface area contributed by atoms with Crippen LogP contribution in [0.15, 0.2) is 48.7 Å². The van der Waals surface area contributed by atoms with Crippen molar-refractivity contribution >= 4 is 23.1 Å². The van der Waals surface area contributed by atoms with Crippen LogP contribution < -0.4 is 5.73 Å². The first-order valence-electron chi connectivity index (χ1n) is 8.71. The topological polar surface area (TPSA) is 69.6 Å². The first-order valence-corrected chi connectivity index (χ1v) is 8.71. The highest BCUT2D eigenvalue weighted by Crippen LogP contribution is 2.31. The molecule has 2 aromatic carbocycles. The monoisotopic (exact) mass is 357 g/mol. The van der Waals surface area contributed by atoms with Crippen molar-refractivity contribution in [3.05, 3.63) is 77.3 Å². The molecule has 2 N–H and O–H groups in total. The third-order valence-corrected chi connectivity index (χ3v) is 4.76. The van der Waals surface area contributed by atoms with Gasteiger partial charge < -0.3 is 10.3 Å². The van der Waals surface area contributed by atoms with E-state index in [-0.39, 0.29) is 17.9 Å². The summed E-state index contributed by atoms with van der Waals surface area (Å²) in [5.41, 5.74) is 9.94. The second-order valence-corrected chi connectivity index (χ2v) is 6.48. The van der Waals surface area contributed by atoms with Crippen LogP contribution in [0, 0.1) is 5.82 Å². The summed E-state index contributed by atoms with van der Waals surface area (Å²) in [6, 6.07) is 13.1. The van der Waals surface area contributed by atoms with E-state index in [1.54, 1.807) is 18.2 Å². The maximum Gasteiger partial charge on any atom is 0.153 e. The molecule has 0 amide bonds. The van der Waals surface area contributed by atoms with Gasteiger partial charge >= 0.3 is 0 Å². The molecule has 0 radical (unpaired) electrons. The van der Waals surface area contributed by atoms with E-state index in [2.05, 4.69) is 26.7 Å². The van der Waals surface area contributed by atoms with Gasteiger partial charge in [-0.05, 0) is 23.8 Å². The van der Waals surface area contributed by atoms with Crippen molar-refractivity contribution in [1.29, 1.82) is 0 Å². The van der Waals surface area contributed by atoms with E-state index < -0.39 is 0 Å². The van der Waals surface area contributed by atoms with Crippen LogP contribution in [0.4, 0.5) is 4.39 Å². The lowest BCUT2D eigenvalue weighted by atomic mass is 10.1. The third-order valence-electron chi connectivity index (χ3n) is 4.76. The standard InChI is InChI=1S/C21H16FN5/c22-17-7-3-6-16-18(10-23)25-19(26-20(16)17)9-8-14-12-27-11-13-4-1-2-5-15(13)21(27)24-14/h1-9,12H,10-11,23H2/b9-8+. The number of nitrogens with zero attached hydrogens (tertiary/aromatic N) is 4. The van der Waals surface area contributed by atoms with Crippen molar-refractivity contribution in [2.75, 3.05) is 0 Å².